The lowest BCUT2D eigenvalue weighted by molar-refractivity contribution is -0.147. The molecule has 8 heteroatoms. The second-order valence-electron chi connectivity index (χ2n) is 6.39. The molecule has 2 aromatic heterocycles. The maximum absolute atomic E-state index is 11.8. The number of hydrogen-bond acceptors (Lipinski definition) is 7. The molecule has 0 aliphatic carbocycles. The van der Waals surface area contributed by atoms with Gasteiger partial charge in [0, 0.05) is 0 Å². The maximum atomic E-state index is 11.8. The molecule has 0 unspecified atom stereocenters. The third-order valence-corrected chi connectivity index (χ3v) is 6.02. The number of fused-ring (bicyclic) bond motifs is 1. The molecule has 0 bridgehead atoms. The Morgan fingerprint density at radius 2 is 2.04 bits per heavy atom. The summed E-state index contributed by atoms with van der Waals surface area (Å²) in [5, 5.41) is 14.8. The molecule has 1 fully saturated rings. The molecule has 136 valence electrons. The number of likely N-dealkylation sites (tertiary alicyclic amines) is 1. The van der Waals surface area contributed by atoms with Crippen molar-refractivity contribution in [2.45, 2.75) is 18.9 Å². The average Bonchev–Trinajstić information content (AvgIpc) is 3.26. The van der Waals surface area contributed by atoms with Crippen molar-refractivity contribution in [3.8, 4) is 5.88 Å². The number of rotatable bonds is 4. The Morgan fingerprint density at radius 3 is 2.69 bits per heavy atom. The zero-order valence-corrected chi connectivity index (χ0v) is 15.2. The summed E-state index contributed by atoms with van der Waals surface area (Å²) in [6, 6.07) is 10.0. The Labute approximate surface area is 154 Å². The number of ether oxygens (including phenoxy) is 1. The highest BCUT2D eigenvalue weighted by Crippen LogP contribution is 2.41. The number of thiazole rings is 1. The van der Waals surface area contributed by atoms with E-state index in [-0.39, 0.29) is 23.8 Å². The summed E-state index contributed by atoms with van der Waals surface area (Å²) in [5.41, 5.74) is 1.10. The van der Waals surface area contributed by atoms with Crippen LogP contribution >= 0.6 is 11.3 Å². The van der Waals surface area contributed by atoms with Gasteiger partial charge in [-0.25, -0.2) is 4.98 Å². The van der Waals surface area contributed by atoms with Crippen LogP contribution in [0.25, 0.3) is 4.96 Å². The Kier molecular flexibility index (Phi) is 4.60. The molecule has 3 aromatic rings. The van der Waals surface area contributed by atoms with Crippen LogP contribution in [0.2, 0.25) is 0 Å². The molecular formula is C18H20N4O3S. The van der Waals surface area contributed by atoms with Crippen LogP contribution in [-0.4, -0.2) is 50.8 Å². The summed E-state index contributed by atoms with van der Waals surface area (Å²) < 4.78 is 6.36. The smallest absolute Gasteiger partial charge is 0.308 e. The van der Waals surface area contributed by atoms with Crippen LogP contribution in [0.4, 0.5) is 0 Å². The Hall–Kier alpha value is -2.45. The number of aromatic nitrogens is 3. The van der Waals surface area contributed by atoms with E-state index in [0.717, 1.165) is 36.4 Å². The number of esters is 1. The van der Waals surface area contributed by atoms with Crippen LogP contribution < -0.4 is 0 Å². The van der Waals surface area contributed by atoms with Gasteiger partial charge < -0.3 is 9.84 Å². The van der Waals surface area contributed by atoms with Gasteiger partial charge in [-0.1, -0.05) is 41.7 Å². The highest BCUT2D eigenvalue weighted by atomic mass is 32.1. The molecule has 0 saturated carbocycles. The summed E-state index contributed by atoms with van der Waals surface area (Å²) in [5.74, 6) is -0.0578. The van der Waals surface area contributed by atoms with Gasteiger partial charge in [0.15, 0.2) is 0 Å². The quantitative estimate of drug-likeness (QED) is 0.709. The van der Waals surface area contributed by atoms with Gasteiger partial charge in [-0.15, -0.1) is 0 Å². The molecule has 1 aliphatic rings. The first-order chi connectivity index (χ1) is 12.7. The topological polar surface area (TPSA) is 80.0 Å². The normalized spacial score (nSPS) is 17.4. The first-order valence-corrected chi connectivity index (χ1v) is 9.39. The fourth-order valence-corrected chi connectivity index (χ4v) is 4.69. The van der Waals surface area contributed by atoms with Crippen LogP contribution in [0.15, 0.2) is 36.7 Å². The highest BCUT2D eigenvalue weighted by molar-refractivity contribution is 7.17. The first kappa shape index (κ1) is 17.0. The number of carbonyl (C=O) groups is 1. The van der Waals surface area contributed by atoms with Gasteiger partial charge in [-0.05, 0) is 31.5 Å². The van der Waals surface area contributed by atoms with Crippen molar-refractivity contribution in [1.82, 2.24) is 19.5 Å². The van der Waals surface area contributed by atoms with Crippen LogP contribution in [0.1, 0.15) is 29.3 Å². The molecule has 1 aromatic carbocycles. The number of hydrogen-bond donors (Lipinski definition) is 1. The fraction of sp³-hybridized carbons (Fsp3) is 0.389. The van der Waals surface area contributed by atoms with E-state index in [9.17, 15) is 9.90 Å². The lowest BCUT2D eigenvalue weighted by Crippen LogP contribution is -2.39. The van der Waals surface area contributed by atoms with E-state index in [2.05, 4.69) is 27.1 Å². The van der Waals surface area contributed by atoms with Crippen LogP contribution in [0.3, 0.4) is 0 Å². The van der Waals surface area contributed by atoms with E-state index in [4.69, 9.17) is 4.74 Å². The van der Waals surface area contributed by atoms with Crippen molar-refractivity contribution in [3.05, 3.63) is 47.1 Å². The van der Waals surface area contributed by atoms with Crippen molar-refractivity contribution < 1.29 is 14.6 Å². The molecule has 26 heavy (non-hydrogen) atoms. The molecule has 7 nitrogen and oxygen atoms in total. The number of carbonyl (C=O) groups excluding carboxylic acids is 1. The molecule has 1 aliphatic heterocycles. The van der Waals surface area contributed by atoms with E-state index >= 15 is 0 Å². The van der Waals surface area contributed by atoms with Gasteiger partial charge in [0.1, 0.15) is 6.33 Å². The zero-order chi connectivity index (χ0) is 18.1. The Morgan fingerprint density at radius 1 is 1.31 bits per heavy atom. The Bertz CT molecular complexity index is 900. The monoisotopic (exact) mass is 372 g/mol. The summed E-state index contributed by atoms with van der Waals surface area (Å²) >= 11 is 1.44. The van der Waals surface area contributed by atoms with Crippen LogP contribution in [0.5, 0.6) is 5.88 Å². The van der Waals surface area contributed by atoms with Gasteiger partial charge in [0.05, 0.1) is 23.9 Å². The molecule has 1 atom stereocenters. The van der Waals surface area contributed by atoms with Crippen molar-refractivity contribution in [3.63, 3.8) is 0 Å². The van der Waals surface area contributed by atoms with E-state index in [1.54, 1.807) is 0 Å². The van der Waals surface area contributed by atoms with E-state index < -0.39 is 0 Å². The van der Waals surface area contributed by atoms with Gasteiger partial charge >= 0.3 is 5.97 Å². The molecule has 3 heterocycles. The van der Waals surface area contributed by atoms with E-state index in [0.29, 0.717) is 4.96 Å². The van der Waals surface area contributed by atoms with Crippen molar-refractivity contribution in [1.29, 1.82) is 0 Å². The van der Waals surface area contributed by atoms with Crippen molar-refractivity contribution in [2.24, 2.45) is 5.92 Å². The minimum atomic E-state index is -0.137. The third kappa shape index (κ3) is 2.95. The Balaban J connectivity index is 1.68. The maximum Gasteiger partial charge on any atom is 0.308 e. The predicted octanol–water partition coefficient (Wildman–Crippen LogP) is 2.47. The number of methoxy groups -OCH3 is 1. The number of nitrogens with zero attached hydrogens (tertiary/aromatic N) is 4. The minimum absolute atomic E-state index is 0.0522. The van der Waals surface area contributed by atoms with Gasteiger partial charge in [-0.3, -0.25) is 9.69 Å². The molecule has 0 radical (unpaired) electrons. The molecule has 1 saturated heterocycles. The number of aromatic hydroxyl groups is 1. The van der Waals surface area contributed by atoms with E-state index in [1.807, 2.05) is 18.2 Å². The largest absolute Gasteiger partial charge is 0.492 e. The SMILES string of the molecule is COC(=O)C1CCN([C@H](c2ccccc2)c2sc3ncnn3c2O)CC1. The third-order valence-electron chi connectivity index (χ3n) is 4.93. The molecule has 0 amide bonds. The summed E-state index contributed by atoms with van der Waals surface area (Å²) in [4.78, 5) is 19.8. The molecule has 1 N–H and O–H groups in total. The zero-order valence-electron chi connectivity index (χ0n) is 14.4. The summed E-state index contributed by atoms with van der Waals surface area (Å²) in [6.45, 7) is 1.51. The van der Waals surface area contributed by atoms with Gasteiger partial charge in [0.25, 0.3) is 0 Å². The van der Waals surface area contributed by atoms with Crippen LogP contribution in [0, 0.1) is 5.92 Å². The second kappa shape index (κ2) is 7.05. The average molecular weight is 372 g/mol. The summed E-state index contributed by atoms with van der Waals surface area (Å²) in [7, 11) is 1.44. The second-order valence-corrected chi connectivity index (χ2v) is 7.40. The first-order valence-electron chi connectivity index (χ1n) is 8.57. The minimum Gasteiger partial charge on any atom is -0.492 e. The van der Waals surface area contributed by atoms with Gasteiger partial charge in [-0.2, -0.15) is 9.61 Å². The molecule has 0 spiro atoms. The lowest BCUT2D eigenvalue weighted by Gasteiger charge is -2.36. The van der Waals surface area contributed by atoms with Crippen molar-refractivity contribution in [2.75, 3.05) is 20.2 Å². The lowest BCUT2D eigenvalue weighted by atomic mass is 9.94. The summed E-state index contributed by atoms with van der Waals surface area (Å²) in [6.07, 6.45) is 2.93. The predicted molar refractivity (Wildman–Crippen MR) is 97.1 cm³/mol. The standard InChI is InChI=1S/C18H20N4O3S/c1-25-17(24)13-7-9-21(10-8-13)14(12-5-3-2-4-6-12)15-16(23)22-18(26-15)19-11-20-22/h2-6,11,13-14,23H,7-10H2,1H3/t14-/m1/s1. The number of piperidine rings is 1. The van der Waals surface area contributed by atoms with Crippen molar-refractivity contribution >= 4 is 22.3 Å². The molecule has 4 rings (SSSR count). The van der Waals surface area contributed by atoms with Crippen LogP contribution in [-0.2, 0) is 9.53 Å². The van der Waals surface area contributed by atoms with Gasteiger partial charge in [0.2, 0.25) is 10.8 Å². The fourth-order valence-electron chi connectivity index (χ4n) is 3.60. The number of benzene rings is 1. The van der Waals surface area contributed by atoms with E-state index in [1.165, 1.54) is 29.3 Å². The molecular weight excluding hydrogens is 352 g/mol. The highest BCUT2D eigenvalue weighted by Gasteiger charge is 2.33.